The van der Waals surface area contributed by atoms with Crippen LogP contribution >= 0.6 is 0 Å². The highest BCUT2D eigenvalue weighted by molar-refractivity contribution is 6.61. The van der Waals surface area contributed by atoms with Gasteiger partial charge in [0.25, 0.3) is 0 Å². The Balaban J connectivity index is 2.11. The molecule has 1 aromatic rings. The molecule has 2 heterocycles. The molecule has 0 aromatic carbocycles. The molecule has 8 heteroatoms. The van der Waals surface area contributed by atoms with Crippen LogP contribution in [0.25, 0.3) is 0 Å². The highest BCUT2D eigenvalue weighted by Gasteiger charge is 2.52. The van der Waals surface area contributed by atoms with Gasteiger partial charge in [-0.1, -0.05) is 5.21 Å². The van der Waals surface area contributed by atoms with Crippen molar-refractivity contribution in [3.05, 3.63) is 6.20 Å². The first-order valence-electron chi connectivity index (χ1n) is 6.08. The van der Waals surface area contributed by atoms with E-state index in [2.05, 4.69) is 15.0 Å². The largest absolute Gasteiger partial charge is 0.518 e. The molecule has 1 saturated heterocycles. The zero-order valence-corrected chi connectivity index (χ0v) is 11.8. The van der Waals surface area contributed by atoms with Crippen LogP contribution in [0.2, 0.25) is 0 Å². The van der Waals surface area contributed by atoms with Gasteiger partial charge in [0.15, 0.2) is 0 Å². The first-order valence-corrected chi connectivity index (χ1v) is 6.08. The van der Waals surface area contributed by atoms with Crippen LogP contribution in [0.5, 0.6) is 0 Å². The Morgan fingerprint density at radius 3 is 2.47 bits per heavy atom. The summed E-state index contributed by atoms with van der Waals surface area (Å²) >= 11 is 0. The van der Waals surface area contributed by atoms with Gasteiger partial charge in [-0.15, -0.1) is 5.10 Å². The maximum Gasteiger partial charge on any atom is 0.518 e. The molecule has 1 aliphatic rings. The van der Waals surface area contributed by atoms with Gasteiger partial charge in [-0.25, -0.2) is 4.68 Å². The fraction of sp³-hybridized carbons (Fsp3) is 0.727. The molecule has 1 aromatic heterocycles. The van der Waals surface area contributed by atoms with E-state index >= 15 is 0 Å². The molecule has 0 N–H and O–H groups in total. The molecule has 0 unspecified atom stereocenters. The van der Waals surface area contributed by atoms with Crippen molar-refractivity contribution in [2.75, 3.05) is 7.11 Å². The summed E-state index contributed by atoms with van der Waals surface area (Å²) in [7, 11) is 0.755. The van der Waals surface area contributed by atoms with Crippen LogP contribution in [0.4, 0.5) is 0 Å². The van der Waals surface area contributed by atoms with Crippen molar-refractivity contribution in [3.63, 3.8) is 0 Å². The van der Waals surface area contributed by atoms with Crippen LogP contribution in [-0.4, -0.2) is 46.4 Å². The molecule has 0 atom stereocenters. The Bertz CT molecular complexity index is 470. The molecule has 0 radical (unpaired) electrons. The number of rotatable bonds is 3. The Hall–Kier alpha value is -1.41. The summed E-state index contributed by atoms with van der Waals surface area (Å²) < 4.78 is 17.6. The van der Waals surface area contributed by atoms with Gasteiger partial charge < -0.3 is 14.0 Å². The van der Waals surface area contributed by atoms with Crippen molar-refractivity contribution in [2.45, 2.75) is 45.4 Å². The fourth-order valence-electron chi connectivity index (χ4n) is 1.66. The number of hydrogen-bond acceptors (Lipinski definition) is 6. The Morgan fingerprint density at radius 2 is 1.95 bits per heavy atom. The van der Waals surface area contributed by atoms with Gasteiger partial charge >= 0.3 is 13.1 Å². The normalized spacial score (nSPS) is 20.6. The minimum atomic E-state index is -0.573. The lowest BCUT2D eigenvalue weighted by Gasteiger charge is -2.32. The molecule has 7 nitrogen and oxygen atoms in total. The van der Waals surface area contributed by atoms with Gasteiger partial charge in [0.05, 0.1) is 18.3 Å². The minimum Gasteiger partial charge on any atom is -0.468 e. The van der Waals surface area contributed by atoms with Crippen LogP contribution in [0.3, 0.4) is 0 Å². The van der Waals surface area contributed by atoms with Crippen LogP contribution in [0, 0.1) is 0 Å². The third-order valence-electron chi connectivity index (χ3n) is 3.57. The topological polar surface area (TPSA) is 75.5 Å². The Labute approximate surface area is 112 Å². The number of methoxy groups -OCH3 is 1. The molecular weight excluding hydrogens is 249 g/mol. The molecule has 2 rings (SSSR count). The van der Waals surface area contributed by atoms with Gasteiger partial charge in [-0.2, -0.15) is 0 Å². The second-order valence-electron chi connectivity index (χ2n) is 5.51. The Kier molecular flexibility index (Phi) is 3.40. The van der Waals surface area contributed by atoms with E-state index in [1.807, 2.05) is 27.7 Å². The molecule has 104 valence electrons. The molecule has 1 fully saturated rings. The van der Waals surface area contributed by atoms with Crippen molar-refractivity contribution in [1.82, 2.24) is 15.0 Å². The average molecular weight is 267 g/mol. The molecule has 0 spiro atoms. The van der Waals surface area contributed by atoms with Gasteiger partial charge in [0, 0.05) is 6.20 Å². The smallest absolute Gasteiger partial charge is 0.468 e. The molecule has 0 bridgehead atoms. The molecule has 19 heavy (non-hydrogen) atoms. The standard InChI is InChI=1S/C11H18BN3O4/c1-10(2)11(3,4)19-12(18-10)8-6-15(14-13-8)7-9(16)17-5/h6H,7H2,1-5H3. The zero-order chi connectivity index (χ0) is 14.3. The van der Waals surface area contributed by atoms with E-state index in [9.17, 15) is 4.79 Å². The summed E-state index contributed by atoms with van der Waals surface area (Å²) in [5.41, 5.74) is -0.310. The van der Waals surface area contributed by atoms with E-state index in [1.165, 1.54) is 11.8 Å². The maximum absolute atomic E-state index is 11.1. The molecular formula is C11H18BN3O4. The molecule has 0 amide bonds. The molecule has 1 aliphatic heterocycles. The number of carbonyl (C=O) groups is 1. The predicted octanol–water partition coefficient (Wildman–Crippen LogP) is -0.250. The average Bonchev–Trinajstić information content (AvgIpc) is 2.82. The number of nitrogens with zero attached hydrogens (tertiary/aromatic N) is 3. The summed E-state index contributed by atoms with van der Waals surface area (Å²) in [6.45, 7) is 7.87. The zero-order valence-electron chi connectivity index (χ0n) is 11.8. The predicted molar refractivity (Wildman–Crippen MR) is 67.8 cm³/mol. The summed E-state index contributed by atoms with van der Waals surface area (Å²) in [6.07, 6.45) is 1.62. The van der Waals surface area contributed by atoms with E-state index in [0.717, 1.165) is 0 Å². The Morgan fingerprint density at radius 1 is 1.37 bits per heavy atom. The van der Waals surface area contributed by atoms with Crippen LogP contribution in [-0.2, 0) is 25.4 Å². The van der Waals surface area contributed by atoms with Crippen molar-refractivity contribution < 1.29 is 18.8 Å². The van der Waals surface area contributed by atoms with Gasteiger partial charge in [-0.3, -0.25) is 4.79 Å². The summed E-state index contributed by atoms with van der Waals surface area (Å²) in [5, 5.41) is 7.82. The van der Waals surface area contributed by atoms with Crippen molar-refractivity contribution in [2.24, 2.45) is 0 Å². The fourth-order valence-corrected chi connectivity index (χ4v) is 1.66. The van der Waals surface area contributed by atoms with Crippen LogP contribution in [0.15, 0.2) is 6.20 Å². The van der Waals surface area contributed by atoms with E-state index in [1.54, 1.807) is 6.20 Å². The second kappa shape index (κ2) is 4.61. The van der Waals surface area contributed by atoms with Crippen molar-refractivity contribution in [1.29, 1.82) is 0 Å². The van der Waals surface area contributed by atoms with E-state index in [4.69, 9.17) is 9.31 Å². The highest BCUT2D eigenvalue weighted by Crippen LogP contribution is 2.36. The number of ether oxygens (including phenoxy) is 1. The number of esters is 1. The van der Waals surface area contributed by atoms with Gasteiger partial charge in [-0.05, 0) is 27.7 Å². The monoisotopic (exact) mass is 267 g/mol. The maximum atomic E-state index is 11.1. The number of hydrogen-bond donors (Lipinski definition) is 0. The second-order valence-corrected chi connectivity index (χ2v) is 5.51. The number of carbonyl (C=O) groups excluding carboxylic acids is 1. The summed E-state index contributed by atoms with van der Waals surface area (Å²) in [5.74, 6) is -0.384. The van der Waals surface area contributed by atoms with Crippen molar-refractivity contribution in [3.8, 4) is 0 Å². The van der Waals surface area contributed by atoms with Crippen LogP contribution in [0.1, 0.15) is 27.7 Å². The quantitative estimate of drug-likeness (QED) is 0.555. The molecule has 0 saturated carbocycles. The molecule has 0 aliphatic carbocycles. The third kappa shape index (κ3) is 2.64. The lowest BCUT2D eigenvalue weighted by molar-refractivity contribution is -0.141. The summed E-state index contributed by atoms with van der Waals surface area (Å²) in [6, 6.07) is 0. The van der Waals surface area contributed by atoms with Crippen LogP contribution < -0.4 is 5.59 Å². The van der Waals surface area contributed by atoms with E-state index < -0.39 is 18.3 Å². The number of aromatic nitrogens is 3. The van der Waals surface area contributed by atoms with E-state index in [-0.39, 0.29) is 12.5 Å². The highest BCUT2D eigenvalue weighted by atomic mass is 16.7. The van der Waals surface area contributed by atoms with E-state index in [0.29, 0.717) is 5.59 Å². The SMILES string of the molecule is COC(=O)Cn1cc(B2OC(C)(C)C(C)(C)O2)nn1. The first-order chi connectivity index (χ1) is 8.75. The first kappa shape index (κ1) is 14.0. The van der Waals surface area contributed by atoms with Gasteiger partial charge in [0.2, 0.25) is 0 Å². The summed E-state index contributed by atoms with van der Waals surface area (Å²) in [4.78, 5) is 11.1. The lowest BCUT2D eigenvalue weighted by atomic mass is 9.86. The third-order valence-corrected chi connectivity index (χ3v) is 3.57. The minimum absolute atomic E-state index is 0.0169. The van der Waals surface area contributed by atoms with Gasteiger partial charge in [0.1, 0.15) is 12.1 Å². The van der Waals surface area contributed by atoms with Crippen molar-refractivity contribution >= 4 is 18.7 Å². The lowest BCUT2D eigenvalue weighted by Crippen LogP contribution is -2.41.